The van der Waals surface area contributed by atoms with Crippen LogP contribution >= 0.6 is 0 Å². The van der Waals surface area contributed by atoms with Crippen molar-refractivity contribution in [2.75, 3.05) is 7.11 Å². The Morgan fingerprint density at radius 1 is 0.944 bits per heavy atom. The van der Waals surface area contributed by atoms with E-state index in [4.69, 9.17) is 4.74 Å². The molecule has 0 aromatic rings. The Balaban J connectivity index is 1.78. The number of allylic oxidation sites excluding steroid dienone is 2. The molecule has 2 saturated carbocycles. The normalized spacial score (nSPS) is 42.3. The lowest BCUT2D eigenvalue weighted by atomic mass is 9.68. The highest BCUT2D eigenvalue weighted by molar-refractivity contribution is 4.92. The molecular formula is C17H30O. The van der Waals surface area contributed by atoms with Crippen LogP contribution in [0.15, 0.2) is 12.2 Å². The van der Waals surface area contributed by atoms with Gasteiger partial charge in [0.2, 0.25) is 0 Å². The molecule has 18 heavy (non-hydrogen) atoms. The quantitative estimate of drug-likeness (QED) is 0.643. The first kappa shape index (κ1) is 14.1. The minimum Gasteiger partial charge on any atom is -0.379 e. The van der Waals surface area contributed by atoms with E-state index in [1.165, 1.54) is 51.4 Å². The highest BCUT2D eigenvalue weighted by Gasteiger charge is 2.35. The monoisotopic (exact) mass is 250 g/mol. The molecule has 0 amide bonds. The molecule has 0 bridgehead atoms. The van der Waals surface area contributed by atoms with Gasteiger partial charge in [0.1, 0.15) is 0 Å². The third-order valence-electron chi connectivity index (χ3n) is 5.53. The predicted molar refractivity (Wildman–Crippen MR) is 77.6 cm³/mol. The first-order valence-electron chi connectivity index (χ1n) is 7.85. The number of hydrogen-bond acceptors (Lipinski definition) is 1. The van der Waals surface area contributed by atoms with Crippen LogP contribution in [0.5, 0.6) is 0 Å². The molecule has 2 rings (SSSR count). The SMILES string of the molecule is C/C=C/C1CCC(C2CCC(C)(OC)CC2)CC1. The number of hydrogen-bond donors (Lipinski definition) is 0. The molecule has 0 atom stereocenters. The fourth-order valence-electron chi connectivity index (χ4n) is 4.01. The molecule has 0 radical (unpaired) electrons. The van der Waals surface area contributed by atoms with Crippen LogP contribution < -0.4 is 0 Å². The Hall–Kier alpha value is -0.300. The van der Waals surface area contributed by atoms with Gasteiger partial charge in [0.05, 0.1) is 5.60 Å². The molecular weight excluding hydrogens is 220 g/mol. The van der Waals surface area contributed by atoms with Crippen molar-refractivity contribution < 1.29 is 4.74 Å². The number of ether oxygens (including phenoxy) is 1. The van der Waals surface area contributed by atoms with E-state index in [1.807, 2.05) is 7.11 Å². The summed E-state index contributed by atoms with van der Waals surface area (Å²) in [6.45, 7) is 4.44. The van der Waals surface area contributed by atoms with Crippen LogP contribution in [0.3, 0.4) is 0 Å². The van der Waals surface area contributed by atoms with Gasteiger partial charge < -0.3 is 4.74 Å². The van der Waals surface area contributed by atoms with Crippen molar-refractivity contribution >= 4 is 0 Å². The van der Waals surface area contributed by atoms with E-state index >= 15 is 0 Å². The summed E-state index contributed by atoms with van der Waals surface area (Å²) in [5, 5.41) is 0. The molecule has 0 aromatic heterocycles. The molecule has 0 aromatic carbocycles. The highest BCUT2D eigenvalue weighted by Crippen LogP contribution is 2.43. The molecule has 2 aliphatic carbocycles. The summed E-state index contributed by atoms with van der Waals surface area (Å²) in [6.07, 6.45) is 15.7. The number of rotatable bonds is 3. The van der Waals surface area contributed by atoms with E-state index in [0.29, 0.717) is 0 Å². The van der Waals surface area contributed by atoms with E-state index in [1.54, 1.807) is 0 Å². The second-order valence-corrected chi connectivity index (χ2v) is 6.69. The van der Waals surface area contributed by atoms with Gasteiger partial charge in [-0.25, -0.2) is 0 Å². The number of methoxy groups -OCH3 is 1. The van der Waals surface area contributed by atoms with Gasteiger partial charge in [-0.2, -0.15) is 0 Å². The Morgan fingerprint density at radius 2 is 1.50 bits per heavy atom. The smallest absolute Gasteiger partial charge is 0.0651 e. The summed E-state index contributed by atoms with van der Waals surface area (Å²) >= 11 is 0. The largest absolute Gasteiger partial charge is 0.379 e. The van der Waals surface area contributed by atoms with Gasteiger partial charge in [-0.05, 0) is 83.0 Å². The maximum Gasteiger partial charge on any atom is 0.0651 e. The average molecular weight is 250 g/mol. The molecule has 0 aliphatic heterocycles. The van der Waals surface area contributed by atoms with Crippen LogP contribution in [-0.2, 0) is 4.74 Å². The summed E-state index contributed by atoms with van der Waals surface area (Å²) in [7, 11) is 1.88. The van der Waals surface area contributed by atoms with E-state index in [9.17, 15) is 0 Å². The lowest BCUT2D eigenvalue weighted by molar-refractivity contribution is -0.0422. The zero-order chi connectivity index (χ0) is 13.0. The van der Waals surface area contributed by atoms with Gasteiger partial charge >= 0.3 is 0 Å². The predicted octanol–water partition coefficient (Wildman–Crippen LogP) is 4.96. The average Bonchev–Trinajstić information content (AvgIpc) is 2.41. The van der Waals surface area contributed by atoms with E-state index in [-0.39, 0.29) is 5.60 Å². The van der Waals surface area contributed by atoms with E-state index in [0.717, 1.165) is 17.8 Å². The molecule has 0 unspecified atom stereocenters. The zero-order valence-corrected chi connectivity index (χ0v) is 12.5. The standard InChI is InChI=1S/C17H30O/c1-4-5-14-6-8-15(9-7-14)16-10-12-17(2,18-3)13-11-16/h4-5,14-16H,6-13H2,1-3H3/b5-4+. The summed E-state index contributed by atoms with van der Waals surface area (Å²) in [5.74, 6) is 2.87. The minimum atomic E-state index is 0.179. The lowest BCUT2D eigenvalue weighted by Crippen LogP contribution is -2.35. The van der Waals surface area contributed by atoms with Crippen LogP contribution in [0, 0.1) is 17.8 Å². The van der Waals surface area contributed by atoms with Gasteiger partial charge in [0.25, 0.3) is 0 Å². The maximum atomic E-state index is 5.65. The third kappa shape index (κ3) is 3.38. The van der Waals surface area contributed by atoms with Crippen LogP contribution in [0.2, 0.25) is 0 Å². The molecule has 1 heteroatoms. The first-order chi connectivity index (χ1) is 8.67. The molecule has 0 N–H and O–H groups in total. The van der Waals surface area contributed by atoms with Crippen molar-refractivity contribution in [3.05, 3.63) is 12.2 Å². The van der Waals surface area contributed by atoms with E-state index in [2.05, 4.69) is 26.0 Å². The minimum absolute atomic E-state index is 0.179. The van der Waals surface area contributed by atoms with Crippen molar-refractivity contribution in [1.82, 2.24) is 0 Å². The fraction of sp³-hybridized carbons (Fsp3) is 0.882. The molecule has 104 valence electrons. The highest BCUT2D eigenvalue weighted by atomic mass is 16.5. The summed E-state index contributed by atoms with van der Waals surface area (Å²) in [5.41, 5.74) is 0.179. The summed E-state index contributed by atoms with van der Waals surface area (Å²) in [4.78, 5) is 0. The molecule has 1 nitrogen and oxygen atoms in total. The van der Waals surface area contributed by atoms with Gasteiger partial charge in [-0.1, -0.05) is 12.2 Å². The summed E-state index contributed by atoms with van der Waals surface area (Å²) in [6, 6.07) is 0. The second kappa shape index (κ2) is 6.23. The van der Waals surface area contributed by atoms with Crippen molar-refractivity contribution in [1.29, 1.82) is 0 Å². The Morgan fingerprint density at radius 3 is 2.00 bits per heavy atom. The zero-order valence-electron chi connectivity index (χ0n) is 12.5. The Kier molecular flexibility index (Phi) is 4.89. The molecule has 0 spiro atoms. The molecule has 0 heterocycles. The third-order valence-corrected chi connectivity index (χ3v) is 5.53. The van der Waals surface area contributed by atoms with Crippen molar-refractivity contribution in [2.45, 2.75) is 70.8 Å². The van der Waals surface area contributed by atoms with Crippen LogP contribution in [0.25, 0.3) is 0 Å². The van der Waals surface area contributed by atoms with Crippen molar-refractivity contribution in [2.24, 2.45) is 17.8 Å². The molecule has 0 saturated heterocycles. The Labute approximate surface area is 113 Å². The van der Waals surface area contributed by atoms with E-state index < -0.39 is 0 Å². The second-order valence-electron chi connectivity index (χ2n) is 6.69. The van der Waals surface area contributed by atoms with Crippen LogP contribution in [-0.4, -0.2) is 12.7 Å². The first-order valence-corrected chi connectivity index (χ1v) is 7.85. The van der Waals surface area contributed by atoms with Crippen molar-refractivity contribution in [3.8, 4) is 0 Å². The molecule has 2 aliphatic rings. The topological polar surface area (TPSA) is 9.23 Å². The summed E-state index contributed by atoms with van der Waals surface area (Å²) < 4.78 is 5.65. The van der Waals surface area contributed by atoms with Crippen LogP contribution in [0.4, 0.5) is 0 Å². The van der Waals surface area contributed by atoms with Crippen LogP contribution in [0.1, 0.15) is 65.2 Å². The lowest BCUT2D eigenvalue weighted by Gasteiger charge is -2.41. The Bertz CT molecular complexity index is 265. The van der Waals surface area contributed by atoms with Gasteiger partial charge in [-0.15, -0.1) is 0 Å². The van der Waals surface area contributed by atoms with Gasteiger partial charge in [0.15, 0.2) is 0 Å². The van der Waals surface area contributed by atoms with Crippen molar-refractivity contribution in [3.63, 3.8) is 0 Å². The van der Waals surface area contributed by atoms with Gasteiger partial charge in [-0.3, -0.25) is 0 Å². The molecule has 2 fully saturated rings. The fourth-order valence-corrected chi connectivity index (χ4v) is 4.01. The maximum absolute atomic E-state index is 5.65. The van der Waals surface area contributed by atoms with Gasteiger partial charge in [0, 0.05) is 7.11 Å².